The molecule has 1 aliphatic heterocycles. The van der Waals surface area contributed by atoms with Crippen LogP contribution in [0.4, 0.5) is 4.39 Å². The third-order valence-corrected chi connectivity index (χ3v) is 4.76. The molecule has 2 aromatic rings. The summed E-state index contributed by atoms with van der Waals surface area (Å²) in [5, 5.41) is 0. The molecule has 0 bridgehead atoms. The first kappa shape index (κ1) is 20.8. The van der Waals surface area contributed by atoms with Gasteiger partial charge in [-0.25, -0.2) is 4.39 Å². The van der Waals surface area contributed by atoms with E-state index in [0.717, 1.165) is 18.9 Å². The minimum Gasteiger partial charge on any atom is -0.467 e. The number of carbonyl (C=O) groups excluding carboxylic acids is 2. The van der Waals surface area contributed by atoms with Gasteiger partial charge in [-0.15, -0.1) is 6.58 Å². The van der Waals surface area contributed by atoms with E-state index in [2.05, 4.69) is 6.58 Å². The second-order valence-electron chi connectivity index (χ2n) is 6.97. The van der Waals surface area contributed by atoms with Crippen molar-refractivity contribution in [2.75, 3.05) is 26.2 Å². The van der Waals surface area contributed by atoms with Crippen molar-refractivity contribution >= 4 is 11.8 Å². The Labute approximate surface area is 169 Å². The zero-order valence-corrected chi connectivity index (χ0v) is 16.3. The van der Waals surface area contributed by atoms with Gasteiger partial charge in [0, 0.05) is 25.3 Å². The van der Waals surface area contributed by atoms with Gasteiger partial charge in [0.1, 0.15) is 18.1 Å². The number of benzene rings is 1. The molecule has 6 nitrogen and oxygen atoms in total. The first-order valence-electron chi connectivity index (χ1n) is 9.64. The van der Waals surface area contributed by atoms with Gasteiger partial charge in [0.2, 0.25) is 5.91 Å². The van der Waals surface area contributed by atoms with Crippen LogP contribution in [0.3, 0.4) is 0 Å². The molecule has 2 heterocycles. The number of rotatable bonds is 9. The number of halogens is 1. The van der Waals surface area contributed by atoms with Crippen LogP contribution in [0.5, 0.6) is 0 Å². The molecule has 1 aromatic carbocycles. The smallest absolute Gasteiger partial charge is 0.254 e. The highest BCUT2D eigenvalue weighted by Crippen LogP contribution is 2.16. The van der Waals surface area contributed by atoms with Gasteiger partial charge in [0.05, 0.1) is 18.9 Å². The third-order valence-electron chi connectivity index (χ3n) is 4.76. The number of hydrogen-bond donors (Lipinski definition) is 0. The van der Waals surface area contributed by atoms with E-state index in [1.807, 2.05) is 0 Å². The highest BCUT2D eigenvalue weighted by Gasteiger charge is 2.26. The molecule has 1 aromatic heterocycles. The molecule has 1 atom stereocenters. The van der Waals surface area contributed by atoms with E-state index in [4.69, 9.17) is 9.15 Å². The van der Waals surface area contributed by atoms with Crippen LogP contribution in [0.25, 0.3) is 0 Å². The molecule has 0 aliphatic carbocycles. The summed E-state index contributed by atoms with van der Waals surface area (Å²) < 4.78 is 24.6. The Kier molecular flexibility index (Phi) is 7.19. The number of nitrogens with zero attached hydrogens (tertiary/aromatic N) is 2. The van der Waals surface area contributed by atoms with Gasteiger partial charge in [0.15, 0.2) is 0 Å². The number of hydrogen-bond acceptors (Lipinski definition) is 4. The molecule has 3 rings (SSSR count). The quantitative estimate of drug-likeness (QED) is 0.606. The summed E-state index contributed by atoms with van der Waals surface area (Å²) in [6, 6.07) is 9.00. The zero-order valence-electron chi connectivity index (χ0n) is 16.3. The van der Waals surface area contributed by atoms with E-state index in [1.165, 1.54) is 23.1 Å². The minimum absolute atomic E-state index is 0.0271. The topological polar surface area (TPSA) is 63.0 Å². The fourth-order valence-corrected chi connectivity index (χ4v) is 3.32. The van der Waals surface area contributed by atoms with E-state index in [-0.39, 0.29) is 30.7 Å². The molecule has 0 saturated carbocycles. The van der Waals surface area contributed by atoms with Crippen molar-refractivity contribution in [1.82, 2.24) is 9.80 Å². The summed E-state index contributed by atoms with van der Waals surface area (Å²) >= 11 is 0. The van der Waals surface area contributed by atoms with Crippen LogP contribution in [-0.2, 0) is 16.1 Å². The third kappa shape index (κ3) is 5.77. The summed E-state index contributed by atoms with van der Waals surface area (Å²) in [6.45, 7) is 5.10. The van der Waals surface area contributed by atoms with Gasteiger partial charge >= 0.3 is 0 Å². The molecular weight excluding hydrogens is 375 g/mol. The highest BCUT2D eigenvalue weighted by atomic mass is 19.1. The average molecular weight is 400 g/mol. The molecule has 1 fully saturated rings. The Balaban J connectivity index is 1.73. The maximum absolute atomic E-state index is 13.5. The van der Waals surface area contributed by atoms with Crippen molar-refractivity contribution in [2.45, 2.75) is 25.5 Å². The first-order valence-corrected chi connectivity index (χ1v) is 9.64. The van der Waals surface area contributed by atoms with Crippen molar-refractivity contribution < 1.29 is 23.1 Å². The van der Waals surface area contributed by atoms with Crippen LogP contribution in [-0.4, -0.2) is 54.0 Å². The fraction of sp³-hybridized carbons (Fsp3) is 0.364. The van der Waals surface area contributed by atoms with E-state index >= 15 is 0 Å². The second-order valence-corrected chi connectivity index (χ2v) is 6.97. The highest BCUT2D eigenvalue weighted by molar-refractivity contribution is 5.96. The molecule has 29 heavy (non-hydrogen) atoms. The monoisotopic (exact) mass is 400 g/mol. The van der Waals surface area contributed by atoms with Crippen LogP contribution in [0.2, 0.25) is 0 Å². The maximum atomic E-state index is 13.5. The summed E-state index contributed by atoms with van der Waals surface area (Å²) in [6.07, 6.45) is 4.93. The molecule has 0 radical (unpaired) electrons. The molecule has 154 valence electrons. The van der Waals surface area contributed by atoms with E-state index < -0.39 is 11.7 Å². The van der Waals surface area contributed by atoms with Crippen LogP contribution in [0.1, 0.15) is 29.0 Å². The predicted octanol–water partition coefficient (Wildman–Crippen LogP) is 3.25. The summed E-state index contributed by atoms with van der Waals surface area (Å²) in [4.78, 5) is 28.9. The minimum atomic E-state index is -0.501. The fourth-order valence-electron chi connectivity index (χ4n) is 3.32. The standard InChI is InChI=1S/C22H25FN2O4/c1-2-10-24(22(27)17-6-3-7-18(23)13-17)16-21(26)25(14-19-8-4-11-28-19)15-20-9-5-12-29-20/h2-4,6-8,11,13,20H,1,5,9-10,12,14-16H2/t20-/m0/s1. The van der Waals surface area contributed by atoms with Crippen molar-refractivity contribution in [3.63, 3.8) is 0 Å². The lowest BCUT2D eigenvalue weighted by molar-refractivity contribution is -0.134. The Hall–Kier alpha value is -2.93. The van der Waals surface area contributed by atoms with Crippen molar-refractivity contribution in [2.24, 2.45) is 0 Å². The van der Waals surface area contributed by atoms with Crippen LogP contribution >= 0.6 is 0 Å². The van der Waals surface area contributed by atoms with Crippen LogP contribution in [0, 0.1) is 5.82 Å². The number of ether oxygens (including phenoxy) is 1. The lowest BCUT2D eigenvalue weighted by Crippen LogP contribution is -2.45. The van der Waals surface area contributed by atoms with Gasteiger partial charge in [-0.3, -0.25) is 9.59 Å². The van der Waals surface area contributed by atoms with Gasteiger partial charge in [-0.2, -0.15) is 0 Å². The molecule has 1 saturated heterocycles. The summed E-state index contributed by atoms with van der Waals surface area (Å²) in [7, 11) is 0. The normalized spacial score (nSPS) is 15.8. The Morgan fingerprint density at radius 3 is 2.76 bits per heavy atom. The molecule has 0 unspecified atom stereocenters. The Bertz CT molecular complexity index is 831. The Morgan fingerprint density at radius 2 is 2.10 bits per heavy atom. The largest absolute Gasteiger partial charge is 0.467 e. The zero-order chi connectivity index (χ0) is 20.6. The number of carbonyl (C=O) groups is 2. The van der Waals surface area contributed by atoms with Crippen LogP contribution < -0.4 is 0 Å². The SMILES string of the molecule is C=CCN(CC(=O)N(Cc1ccco1)C[C@@H]1CCCO1)C(=O)c1cccc(F)c1. The van der Waals surface area contributed by atoms with Crippen molar-refractivity contribution in [3.8, 4) is 0 Å². The van der Waals surface area contributed by atoms with E-state index in [9.17, 15) is 14.0 Å². The van der Waals surface area contributed by atoms with Gasteiger partial charge in [-0.1, -0.05) is 12.1 Å². The lowest BCUT2D eigenvalue weighted by atomic mass is 10.2. The second kappa shape index (κ2) is 10.0. The molecule has 0 N–H and O–H groups in total. The molecular formula is C22H25FN2O4. The lowest BCUT2D eigenvalue weighted by Gasteiger charge is -2.28. The maximum Gasteiger partial charge on any atom is 0.254 e. The van der Waals surface area contributed by atoms with E-state index in [1.54, 1.807) is 29.4 Å². The van der Waals surface area contributed by atoms with Crippen molar-refractivity contribution in [3.05, 3.63) is 72.5 Å². The summed E-state index contributed by atoms with van der Waals surface area (Å²) in [5.41, 5.74) is 0.191. The molecule has 1 aliphatic rings. The predicted molar refractivity (Wildman–Crippen MR) is 106 cm³/mol. The van der Waals surface area contributed by atoms with Gasteiger partial charge < -0.3 is 19.0 Å². The van der Waals surface area contributed by atoms with Crippen molar-refractivity contribution in [1.29, 1.82) is 0 Å². The van der Waals surface area contributed by atoms with Crippen LogP contribution in [0.15, 0.2) is 59.7 Å². The summed E-state index contributed by atoms with van der Waals surface area (Å²) in [5.74, 6) is -0.502. The van der Waals surface area contributed by atoms with Gasteiger partial charge in [-0.05, 0) is 43.2 Å². The molecule has 0 spiro atoms. The first-order chi connectivity index (χ1) is 14.1. The molecule has 7 heteroatoms. The Morgan fingerprint density at radius 1 is 1.24 bits per heavy atom. The molecule has 2 amide bonds. The number of amides is 2. The van der Waals surface area contributed by atoms with Gasteiger partial charge in [0.25, 0.3) is 5.91 Å². The average Bonchev–Trinajstić information content (AvgIpc) is 3.41. The number of furan rings is 1. The van der Waals surface area contributed by atoms with E-state index in [0.29, 0.717) is 25.5 Å².